The van der Waals surface area contributed by atoms with Crippen molar-refractivity contribution in [3.8, 4) is 11.5 Å². The van der Waals surface area contributed by atoms with Gasteiger partial charge in [-0.15, -0.1) is 0 Å². The molecule has 1 saturated heterocycles. The second-order valence-electron chi connectivity index (χ2n) is 7.43. The Morgan fingerprint density at radius 1 is 1.12 bits per heavy atom. The van der Waals surface area contributed by atoms with Gasteiger partial charge in [-0.05, 0) is 43.7 Å². The molecule has 0 bridgehead atoms. The molecule has 1 amide bonds. The van der Waals surface area contributed by atoms with Gasteiger partial charge in [-0.25, -0.2) is 0 Å². The Morgan fingerprint density at radius 3 is 2.52 bits per heavy atom. The van der Waals surface area contributed by atoms with Crippen LogP contribution in [0.25, 0.3) is 5.76 Å². The predicted molar refractivity (Wildman–Crippen MR) is 125 cm³/mol. The van der Waals surface area contributed by atoms with E-state index in [0.717, 1.165) is 0 Å². The van der Waals surface area contributed by atoms with Crippen molar-refractivity contribution in [1.29, 1.82) is 0 Å². The Hall–Kier alpha value is -3.58. The number of hydrogen-bond donors (Lipinski definition) is 1. The van der Waals surface area contributed by atoms with Crippen molar-refractivity contribution in [2.45, 2.75) is 19.4 Å². The molecule has 1 aliphatic rings. The molecule has 1 fully saturated rings. The van der Waals surface area contributed by atoms with Gasteiger partial charge in [0.1, 0.15) is 23.9 Å². The van der Waals surface area contributed by atoms with Gasteiger partial charge in [0.15, 0.2) is 0 Å². The molecule has 0 radical (unpaired) electrons. The average molecular weight is 452 g/mol. The standard InChI is InChI=1S/C26H29NO6/c1-4-16-33-19-13-11-18(12-14-19)24(28)22-23(20-9-6-7-10-21(20)32-5-2)27(15-8-17-31-3)26(30)25(22)29/h4,6-7,9-14,23,28H,1,5,8,15-17H2,2-3H3/b24-22+. The minimum atomic E-state index is -0.777. The van der Waals surface area contributed by atoms with Crippen LogP contribution in [0.3, 0.4) is 0 Å². The largest absolute Gasteiger partial charge is 0.507 e. The van der Waals surface area contributed by atoms with Crippen LogP contribution in [0, 0.1) is 0 Å². The van der Waals surface area contributed by atoms with Crippen LogP contribution in [0.4, 0.5) is 0 Å². The number of rotatable bonds is 11. The molecule has 7 heteroatoms. The number of para-hydroxylation sites is 1. The summed E-state index contributed by atoms with van der Waals surface area (Å²) in [6.07, 6.45) is 2.18. The average Bonchev–Trinajstić information content (AvgIpc) is 3.08. The molecule has 2 aromatic rings. The van der Waals surface area contributed by atoms with Gasteiger partial charge >= 0.3 is 0 Å². The first-order chi connectivity index (χ1) is 16.0. The zero-order chi connectivity index (χ0) is 23.8. The van der Waals surface area contributed by atoms with Crippen molar-refractivity contribution in [3.63, 3.8) is 0 Å². The summed E-state index contributed by atoms with van der Waals surface area (Å²) in [4.78, 5) is 27.6. The van der Waals surface area contributed by atoms with Crippen molar-refractivity contribution >= 4 is 17.4 Å². The Morgan fingerprint density at radius 2 is 1.85 bits per heavy atom. The Labute approximate surface area is 193 Å². The maximum absolute atomic E-state index is 13.1. The molecule has 1 unspecified atom stereocenters. The first-order valence-corrected chi connectivity index (χ1v) is 10.9. The molecule has 1 heterocycles. The highest BCUT2D eigenvalue weighted by atomic mass is 16.5. The topological polar surface area (TPSA) is 85.3 Å². The number of carbonyl (C=O) groups excluding carboxylic acids is 2. The molecular formula is C26H29NO6. The van der Waals surface area contributed by atoms with Crippen LogP contribution >= 0.6 is 0 Å². The highest BCUT2D eigenvalue weighted by Crippen LogP contribution is 2.42. The van der Waals surface area contributed by atoms with E-state index in [-0.39, 0.29) is 11.3 Å². The third-order valence-electron chi connectivity index (χ3n) is 5.30. The number of ether oxygens (including phenoxy) is 3. The van der Waals surface area contributed by atoms with Crippen LogP contribution in [-0.2, 0) is 14.3 Å². The van der Waals surface area contributed by atoms with E-state index in [9.17, 15) is 14.7 Å². The number of aliphatic hydroxyl groups is 1. The van der Waals surface area contributed by atoms with Crippen LogP contribution in [0.15, 0.2) is 66.8 Å². The zero-order valence-electron chi connectivity index (χ0n) is 19.0. The van der Waals surface area contributed by atoms with Gasteiger partial charge < -0.3 is 24.2 Å². The lowest BCUT2D eigenvalue weighted by molar-refractivity contribution is -0.140. The molecule has 1 aliphatic heterocycles. The summed E-state index contributed by atoms with van der Waals surface area (Å²) in [5, 5.41) is 11.2. The third kappa shape index (κ3) is 5.26. The normalized spacial score (nSPS) is 17.3. The number of aliphatic hydroxyl groups excluding tert-OH is 1. The molecule has 0 spiro atoms. The van der Waals surface area contributed by atoms with Crippen LogP contribution in [0.1, 0.15) is 30.5 Å². The van der Waals surface area contributed by atoms with Crippen LogP contribution < -0.4 is 9.47 Å². The van der Waals surface area contributed by atoms with Gasteiger partial charge in [0, 0.05) is 31.4 Å². The number of benzene rings is 2. The van der Waals surface area contributed by atoms with Gasteiger partial charge in [-0.3, -0.25) is 9.59 Å². The second-order valence-corrected chi connectivity index (χ2v) is 7.43. The Bertz CT molecular complexity index is 1030. The summed E-state index contributed by atoms with van der Waals surface area (Å²) in [5.41, 5.74) is 1.09. The molecule has 0 aromatic heterocycles. The summed E-state index contributed by atoms with van der Waals surface area (Å²) in [5.74, 6) is -0.468. The van der Waals surface area contributed by atoms with E-state index < -0.39 is 17.7 Å². The van der Waals surface area contributed by atoms with Gasteiger partial charge in [0.05, 0.1) is 18.2 Å². The Balaban J connectivity index is 2.09. The van der Waals surface area contributed by atoms with E-state index in [4.69, 9.17) is 14.2 Å². The highest BCUT2D eigenvalue weighted by Gasteiger charge is 2.46. The number of hydrogen-bond acceptors (Lipinski definition) is 6. The molecular weight excluding hydrogens is 422 g/mol. The summed E-state index contributed by atoms with van der Waals surface area (Å²) >= 11 is 0. The minimum Gasteiger partial charge on any atom is -0.507 e. The zero-order valence-corrected chi connectivity index (χ0v) is 19.0. The fraction of sp³-hybridized carbons (Fsp3) is 0.308. The molecule has 0 saturated carbocycles. The van der Waals surface area contributed by atoms with Crippen molar-refractivity contribution in [1.82, 2.24) is 4.90 Å². The smallest absolute Gasteiger partial charge is 0.295 e. The summed E-state index contributed by atoms with van der Waals surface area (Å²) in [6, 6.07) is 13.2. The number of methoxy groups -OCH3 is 1. The molecule has 0 aliphatic carbocycles. The molecule has 174 valence electrons. The molecule has 7 nitrogen and oxygen atoms in total. The quantitative estimate of drug-likeness (QED) is 0.182. The van der Waals surface area contributed by atoms with Crippen molar-refractivity contribution in [2.75, 3.05) is 33.5 Å². The fourth-order valence-electron chi connectivity index (χ4n) is 3.83. The lowest BCUT2D eigenvalue weighted by Gasteiger charge is -2.26. The van der Waals surface area contributed by atoms with E-state index in [2.05, 4.69) is 6.58 Å². The first-order valence-electron chi connectivity index (χ1n) is 10.9. The van der Waals surface area contributed by atoms with Crippen molar-refractivity contribution in [3.05, 3.63) is 77.9 Å². The molecule has 3 rings (SSSR count). The highest BCUT2D eigenvalue weighted by molar-refractivity contribution is 6.46. The maximum atomic E-state index is 13.1. The molecule has 1 atom stereocenters. The second kappa shape index (κ2) is 11.3. The maximum Gasteiger partial charge on any atom is 0.295 e. The predicted octanol–water partition coefficient (Wildman–Crippen LogP) is 4.11. The Kier molecular flexibility index (Phi) is 8.27. The number of ketones is 1. The van der Waals surface area contributed by atoms with E-state index in [1.54, 1.807) is 43.5 Å². The van der Waals surface area contributed by atoms with Crippen molar-refractivity contribution < 1.29 is 28.9 Å². The van der Waals surface area contributed by atoms with Crippen LogP contribution in [0.5, 0.6) is 11.5 Å². The molecule has 2 aromatic carbocycles. The van der Waals surface area contributed by atoms with E-state index in [0.29, 0.717) is 55.4 Å². The monoisotopic (exact) mass is 451 g/mol. The first kappa shape index (κ1) is 24.1. The third-order valence-corrected chi connectivity index (χ3v) is 5.30. The fourth-order valence-corrected chi connectivity index (χ4v) is 3.83. The summed E-state index contributed by atoms with van der Waals surface area (Å²) in [7, 11) is 1.58. The number of amides is 1. The number of nitrogens with zero attached hydrogens (tertiary/aromatic N) is 1. The van der Waals surface area contributed by atoms with Gasteiger partial charge in [-0.1, -0.05) is 30.9 Å². The SMILES string of the molecule is C=CCOc1ccc(/C(O)=C2\C(=O)C(=O)N(CCCOC)C2c2ccccc2OCC)cc1. The lowest BCUT2D eigenvalue weighted by Crippen LogP contribution is -2.31. The van der Waals surface area contributed by atoms with Crippen LogP contribution in [0.2, 0.25) is 0 Å². The van der Waals surface area contributed by atoms with Gasteiger partial charge in [0.2, 0.25) is 0 Å². The lowest BCUT2D eigenvalue weighted by atomic mass is 9.94. The van der Waals surface area contributed by atoms with E-state index >= 15 is 0 Å². The van der Waals surface area contributed by atoms with Gasteiger partial charge in [-0.2, -0.15) is 0 Å². The number of carbonyl (C=O) groups is 2. The van der Waals surface area contributed by atoms with Crippen LogP contribution in [-0.4, -0.2) is 55.2 Å². The van der Waals surface area contributed by atoms with Crippen molar-refractivity contribution in [2.24, 2.45) is 0 Å². The van der Waals surface area contributed by atoms with E-state index in [1.807, 2.05) is 25.1 Å². The molecule has 1 N–H and O–H groups in total. The van der Waals surface area contributed by atoms with E-state index in [1.165, 1.54) is 4.90 Å². The number of likely N-dealkylation sites (tertiary alicyclic amines) is 1. The summed E-state index contributed by atoms with van der Waals surface area (Å²) in [6.45, 7) is 7.00. The molecule has 33 heavy (non-hydrogen) atoms. The number of Topliss-reactive ketones (excluding diaryl/α,β-unsaturated/α-hetero) is 1. The minimum absolute atomic E-state index is 0.0318. The summed E-state index contributed by atoms with van der Waals surface area (Å²) < 4.78 is 16.4. The van der Waals surface area contributed by atoms with Gasteiger partial charge in [0.25, 0.3) is 11.7 Å².